The number of allylic oxidation sites excluding steroid dienone is 1. The second-order valence-corrected chi connectivity index (χ2v) is 4.69. The SMILES string of the molecule is CNc1cccc(C/C=C\c2cc(C)ccc2N)c1. The van der Waals surface area contributed by atoms with Gasteiger partial charge in [0.2, 0.25) is 0 Å². The van der Waals surface area contributed by atoms with Gasteiger partial charge in [0.05, 0.1) is 0 Å². The van der Waals surface area contributed by atoms with Crippen molar-refractivity contribution in [2.24, 2.45) is 0 Å². The summed E-state index contributed by atoms with van der Waals surface area (Å²) in [4.78, 5) is 0. The van der Waals surface area contributed by atoms with Gasteiger partial charge in [-0.15, -0.1) is 0 Å². The molecule has 0 amide bonds. The smallest absolute Gasteiger partial charge is 0.0387 e. The second-order valence-electron chi connectivity index (χ2n) is 4.69. The lowest BCUT2D eigenvalue weighted by molar-refractivity contribution is 1.27. The maximum atomic E-state index is 5.95. The van der Waals surface area contributed by atoms with E-state index in [1.807, 2.05) is 19.2 Å². The van der Waals surface area contributed by atoms with Gasteiger partial charge in [0.1, 0.15) is 0 Å². The second kappa shape index (κ2) is 6.10. The zero-order chi connectivity index (χ0) is 13.7. The Labute approximate surface area is 115 Å². The third-order valence-corrected chi connectivity index (χ3v) is 3.11. The molecule has 0 saturated carbocycles. The average molecular weight is 252 g/mol. The fourth-order valence-electron chi connectivity index (χ4n) is 2.01. The van der Waals surface area contributed by atoms with Gasteiger partial charge >= 0.3 is 0 Å². The van der Waals surface area contributed by atoms with Crippen LogP contribution in [-0.4, -0.2) is 7.05 Å². The van der Waals surface area contributed by atoms with E-state index in [1.165, 1.54) is 11.1 Å². The summed E-state index contributed by atoms with van der Waals surface area (Å²) >= 11 is 0. The monoisotopic (exact) mass is 252 g/mol. The molecule has 0 aliphatic rings. The van der Waals surface area contributed by atoms with E-state index in [0.29, 0.717) is 0 Å². The van der Waals surface area contributed by atoms with E-state index in [-0.39, 0.29) is 0 Å². The van der Waals surface area contributed by atoms with E-state index < -0.39 is 0 Å². The normalized spacial score (nSPS) is 10.8. The quantitative estimate of drug-likeness (QED) is 0.810. The van der Waals surface area contributed by atoms with Crippen molar-refractivity contribution in [3.8, 4) is 0 Å². The Morgan fingerprint density at radius 3 is 2.79 bits per heavy atom. The third-order valence-electron chi connectivity index (χ3n) is 3.11. The molecule has 2 aromatic carbocycles. The van der Waals surface area contributed by atoms with Gasteiger partial charge in [0, 0.05) is 18.4 Å². The molecule has 0 fully saturated rings. The van der Waals surface area contributed by atoms with Crippen molar-refractivity contribution in [1.82, 2.24) is 0 Å². The van der Waals surface area contributed by atoms with Crippen LogP contribution in [0.15, 0.2) is 48.5 Å². The lowest BCUT2D eigenvalue weighted by atomic mass is 10.1. The van der Waals surface area contributed by atoms with Crippen LogP contribution in [0.1, 0.15) is 16.7 Å². The highest BCUT2D eigenvalue weighted by molar-refractivity contribution is 5.65. The summed E-state index contributed by atoms with van der Waals surface area (Å²) in [5.41, 5.74) is 11.5. The number of benzene rings is 2. The molecule has 2 aromatic rings. The van der Waals surface area contributed by atoms with Crippen LogP contribution in [0, 0.1) is 6.92 Å². The number of rotatable bonds is 4. The lowest BCUT2D eigenvalue weighted by Gasteiger charge is -2.03. The summed E-state index contributed by atoms with van der Waals surface area (Å²) in [5, 5.41) is 3.15. The first-order chi connectivity index (χ1) is 9.19. The first kappa shape index (κ1) is 13.2. The molecule has 0 saturated heterocycles. The summed E-state index contributed by atoms with van der Waals surface area (Å²) in [6.45, 7) is 2.08. The van der Waals surface area contributed by atoms with Crippen molar-refractivity contribution >= 4 is 17.5 Å². The molecule has 2 nitrogen and oxygen atoms in total. The highest BCUT2D eigenvalue weighted by Gasteiger charge is 1.96. The Balaban J connectivity index is 2.08. The van der Waals surface area contributed by atoms with Crippen molar-refractivity contribution in [1.29, 1.82) is 0 Å². The Morgan fingerprint density at radius 1 is 1.16 bits per heavy atom. The molecule has 0 unspecified atom stereocenters. The zero-order valence-electron chi connectivity index (χ0n) is 11.5. The zero-order valence-corrected chi connectivity index (χ0v) is 11.5. The highest BCUT2D eigenvalue weighted by atomic mass is 14.8. The Hall–Kier alpha value is -2.22. The number of hydrogen-bond donors (Lipinski definition) is 2. The molecule has 19 heavy (non-hydrogen) atoms. The van der Waals surface area contributed by atoms with E-state index in [0.717, 1.165) is 23.4 Å². The lowest BCUT2D eigenvalue weighted by Crippen LogP contribution is -1.90. The van der Waals surface area contributed by atoms with Gasteiger partial charge in [-0.2, -0.15) is 0 Å². The number of aryl methyl sites for hydroxylation is 1. The number of nitrogens with two attached hydrogens (primary N) is 1. The van der Waals surface area contributed by atoms with Gasteiger partial charge in [-0.05, 0) is 48.7 Å². The minimum absolute atomic E-state index is 0.825. The van der Waals surface area contributed by atoms with Crippen LogP contribution < -0.4 is 11.1 Å². The predicted molar refractivity (Wildman–Crippen MR) is 84.3 cm³/mol. The van der Waals surface area contributed by atoms with Crippen molar-refractivity contribution in [2.45, 2.75) is 13.3 Å². The molecular formula is C17H20N2. The van der Waals surface area contributed by atoms with Crippen LogP contribution in [0.2, 0.25) is 0 Å². The number of anilines is 2. The van der Waals surface area contributed by atoms with E-state index in [9.17, 15) is 0 Å². The van der Waals surface area contributed by atoms with Crippen LogP contribution in [0.5, 0.6) is 0 Å². The minimum atomic E-state index is 0.825. The number of nitrogens with one attached hydrogen (secondary N) is 1. The molecule has 0 atom stereocenters. The average Bonchev–Trinajstić information content (AvgIpc) is 2.43. The van der Waals surface area contributed by atoms with Crippen molar-refractivity contribution in [2.75, 3.05) is 18.1 Å². The number of hydrogen-bond acceptors (Lipinski definition) is 2. The molecule has 0 heterocycles. The van der Waals surface area contributed by atoms with Crippen LogP contribution >= 0.6 is 0 Å². The molecule has 0 radical (unpaired) electrons. The maximum Gasteiger partial charge on any atom is 0.0387 e. The maximum absolute atomic E-state index is 5.95. The van der Waals surface area contributed by atoms with Gasteiger partial charge in [-0.25, -0.2) is 0 Å². The fraction of sp³-hybridized carbons (Fsp3) is 0.176. The molecule has 98 valence electrons. The van der Waals surface area contributed by atoms with Gasteiger partial charge in [0.15, 0.2) is 0 Å². The van der Waals surface area contributed by atoms with E-state index in [1.54, 1.807) is 0 Å². The first-order valence-corrected chi connectivity index (χ1v) is 6.48. The van der Waals surface area contributed by atoms with Gasteiger partial charge in [0.25, 0.3) is 0 Å². The van der Waals surface area contributed by atoms with Crippen LogP contribution in [0.25, 0.3) is 6.08 Å². The van der Waals surface area contributed by atoms with Gasteiger partial charge < -0.3 is 11.1 Å². The highest BCUT2D eigenvalue weighted by Crippen LogP contribution is 2.16. The Kier molecular flexibility index (Phi) is 4.24. The molecule has 3 N–H and O–H groups in total. The molecular weight excluding hydrogens is 232 g/mol. The molecule has 0 bridgehead atoms. The summed E-state index contributed by atoms with van der Waals surface area (Å²) in [6.07, 6.45) is 5.15. The molecule has 0 aliphatic carbocycles. The van der Waals surface area contributed by atoms with Gasteiger partial charge in [-0.1, -0.05) is 35.9 Å². The van der Waals surface area contributed by atoms with Crippen molar-refractivity contribution in [3.63, 3.8) is 0 Å². The summed E-state index contributed by atoms with van der Waals surface area (Å²) in [5.74, 6) is 0. The van der Waals surface area contributed by atoms with E-state index in [2.05, 4.69) is 54.7 Å². The van der Waals surface area contributed by atoms with Gasteiger partial charge in [-0.3, -0.25) is 0 Å². The first-order valence-electron chi connectivity index (χ1n) is 6.48. The van der Waals surface area contributed by atoms with Crippen LogP contribution in [0.3, 0.4) is 0 Å². The molecule has 0 aromatic heterocycles. The summed E-state index contributed by atoms with van der Waals surface area (Å²) in [7, 11) is 1.93. The van der Waals surface area contributed by atoms with Crippen LogP contribution in [-0.2, 0) is 6.42 Å². The van der Waals surface area contributed by atoms with E-state index >= 15 is 0 Å². The molecule has 2 heteroatoms. The van der Waals surface area contributed by atoms with Crippen LogP contribution in [0.4, 0.5) is 11.4 Å². The summed E-state index contributed by atoms with van der Waals surface area (Å²) < 4.78 is 0. The third kappa shape index (κ3) is 3.62. The molecule has 2 rings (SSSR count). The number of nitrogen functional groups attached to an aromatic ring is 1. The Bertz CT molecular complexity index is 586. The molecule has 0 aliphatic heterocycles. The Morgan fingerprint density at radius 2 is 2.00 bits per heavy atom. The topological polar surface area (TPSA) is 38.0 Å². The largest absolute Gasteiger partial charge is 0.398 e. The van der Waals surface area contributed by atoms with Crippen molar-refractivity contribution in [3.05, 3.63) is 65.2 Å². The minimum Gasteiger partial charge on any atom is -0.398 e. The fourth-order valence-corrected chi connectivity index (χ4v) is 2.01. The standard InChI is InChI=1S/C17H20N2/c1-13-9-10-17(18)15(11-13)7-3-5-14-6-4-8-16(12-14)19-2/h3-4,6-12,19H,5,18H2,1-2H3/b7-3-. The predicted octanol–water partition coefficient (Wildman–Crippen LogP) is 3.87. The van der Waals surface area contributed by atoms with E-state index in [4.69, 9.17) is 5.73 Å². The van der Waals surface area contributed by atoms with Crippen molar-refractivity contribution < 1.29 is 0 Å². The summed E-state index contributed by atoms with van der Waals surface area (Å²) in [6, 6.07) is 14.5. The molecule has 0 spiro atoms.